The van der Waals surface area contributed by atoms with Crippen LogP contribution < -0.4 is 16.0 Å². The maximum absolute atomic E-state index is 6.04. The van der Waals surface area contributed by atoms with Crippen molar-refractivity contribution in [2.75, 3.05) is 23.7 Å². The van der Waals surface area contributed by atoms with Gasteiger partial charge >= 0.3 is 0 Å². The molecule has 6 nitrogen and oxygen atoms in total. The van der Waals surface area contributed by atoms with Crippen molar-refractivity contribution in [3.63, 3.8) is 0 Å². The second-order valence-electron chi connectivity index (χ2n) is 6.06. The zero-order valence-electron chi connectivity index (χ0n) is 11.9. The van der Waals surface area contributed by atoms with Gasteiger partial charge in [-0.25, -0.2) is 4.98 Å². The van der Waals surface area contributed by atoms with E-state index in [1.165, 1.54) is 16.8 Å². The smallest absolute Gasteiger partial charge is 0.126 e. The SMILES string of the molecule is Nc1cc(N2CC3CC(C2)N3)c2sc(-c3ccn[nH]3)cc2n1. The van der Waals surface area contributed by atoms with Crippen molar-refractivity contribution in [2.24, 2.45) is 0 Å². The molecule has 3 fully saturated rings. The van der Waals surface area contributed by atoms with Crippen LogP contribution in [-0.2, 0) is 0 Å². The summed E-state index contributed by atoms with van der Waals surface area (Å²) >= 11 is 1.75. The van der Waals surface area contributed by atoms with E-state index in [1.54, 1.807) is 17.5 Å². The van der Waals surface area contributed by atoms with E-state index in [2.05, 4.69) is 31.5 Å². The molecule has 22 heavy (non-hydrogen) atoms. The van der Waals surface area contributed by atoms with Gasteiger partial charge in [-0.05, 0) is 18.6 Å². The van der Waals surface area contributed by atoms with Crippen molar-refractivity contribution >= 4 is 33.1 Å². The second kappa shape index (κ2) is 4.44. The van der Waals surface area contributed by atoms with Crippen LogP contribution >= 0.6 is 11.3 Å². The summed E-state index contributed by atoms with van der Waals surface area (Å²) in [4.78, 5) is 8.10. The highest BCUT2D eigenvalue weighted by Gasteiger charge is 2.37. The van der Waals surface area contributed by atoms with E-state index in [1.807, 2.05) is 12.1 Å². The molecule has 0 radical (unpaired) electrons. The van der Waals surface area contributed by atoms with E-state index in [9.17, 15) is 0 Å². The lowest BCUT2D eigenvalue weighted by Crippen LogP contribution is -2.67. The highest BCUT2D eigenvalue weighted by molar-refractivity contribution is 7.22. The van der Waals surface area contributed by atoms with E-state index in [0.717, 1.165) is 29.2 Å². The number of nitrogen functional groups attached to an aromatic ring is 1. The summed E-state index contributed by atoms with van der Waals surface area (Å²) in [6.07, 6.45) is 3.07. The predicted octanol–water partition coefficient (Wildman–Crippen LogP) is 1.82. The molecule has 7 heteroatoms. The standard InChI is InChI=1S/C15H16N6S/c16-14-5-12(21-6-8-3-9(7-21)18-8)15-11(19-14)4-13(22-15)10-1-2-17-20-10/h1-2,4-5,8-9,18H,3,6-7H2,(H2,16,19)(H,17,20). The number of nitrogens with zero attached hydrogens (tertiary/aromatic N) is 3. The highest BCUT2D eigenvalue weighted by Crippen LogP contribution is 2.40. The summed E-state index contributed by atoms with van der Waals surface area (Å²) in [6.45, 7) is 2.10. The third-order valence-electron chi connectivity index (χ3n) is 4.51. The fourth-order valence-electron chi connectivity index (χ4n) is 3.50. The van der Waals surface area contributed by atoms with Gasteiger partial charge in [0.15, 0.2) is 0 Å². The number of hydrogen-bond acceptors (Lipinski definition) is 6. The number of thiophene rings is 1. The Labute approximate surface area is 131 Å². The van der Waals surface area contributed by atoms with Crippen molar-refractivity contribution in [1.29, 1.82) is 0 Å². The number of fused-ring (bicyclic) bond motifs is 3. The molecule has 4 N–H and O–H groups in total. The third-order valence-corrected chi connectivity index (χ3v) is 5.69. The first-order valence-corrected chi connectivity index (χ1v) is 8.29. The van der Waals surface area contributed by atoms with E-state index < -0.39 is 0 Å². The minimum Gasteiger partial charge on any atom is -0.384 e. The number of H-pyrrole nitrogens is 1. The van der Waals surface area contributed by atoms with Gasteiger partial charge in [-0.15, -0.1) is 11.3 Å². The first-order chi connectivity index (χ1) is 10.8. The number of piperidine rings is 1. The molecule has 6 rings (SSSR count). The van der Waals surface area contributed by atoms with Crippen molar-refractivity contribution in [2.45, 2.75) is 18.5 Å². The van der Waals surface area contributed by atoms with Crippen molar-refractivity contribution in [3.8, 4) is 10.6 Å². The molecule has 0 aliphatic carbocycles. The Kier molecular flexibility index (Phi) is 2.51. The number of pyridine rings is 1. The Hall–Kier alpha value is -2.12. The molecule has 6 heterocycles. The summed E-state index contributed by atoms with van der Waals surface area (Å²) < 4.78 is 1.21. The molecule has 3 aliphatic rings. The molecule has 112 valence electrons. The average molecular weight is 312 g/mol. The lowest BCUT2D eigenvalue weighted by molar-refractivity contribution is 0.226. The quantitative estimate of drug-likeness (QED) is 0.672. The van der Waals surface area contributed by atoms with Crippen molar-refractivity contribution in [3.05, 3.63) is 24.4 Å². The summed E-state index contributed by atoms with van der Waals surface area (Å²) in [5.41, 5.74) is 9.25. The zero-order chi connectivity index (χ0) is 14.7. The largest absolute Gasteiger partial charge is 0.384 e. The van der Waals surface area contributed by atoms with Crippen LogP contribution in [0.4, 0.5) is 11.5 Å². The molecular formula is C15H16N6S. The molecule has 2 unspecified atom stereocenters. The van der Waals surface area contributed by atoms with Crippen molar-refractivity contribution in [1.82, 2.24) is 20.5 Å². The lowest BCUT2D eigenvalue weighted by atomic mass is 9.91. The zero-order valence-corrected chi connectivity index (χ0v) is 12.7. The summed E-state index contributed by atoms with van der Waals surface area (Å²) in [6, 6.07) is 7.33. The number of nitrogens with two attached hydrogens (primary N) is 1. The van der Waals surface area contributed by atoms with E-state index in [4.69, 9.17) is 5.73 Å². The number of hydrogen-bond donors (Lipinski definition) is 3. The highest BCUT2D eigenvalue weighted by atomic mass is 32.1. The Balaban J connectivity index is 1.63. The second-order valence-corrected chi connectivity index (χ2v) is 7.11. The molecular weight excluding hydrogens is 296 g/mol. The maximum Gasteiger partial charge on any atom is 0.126 e. The number of aromatic amines is 1. The van der Waals surface area contributed by atoms with E-state index in [-0.39, 0.29) is 0 Å². The van der Waals surface area contributed by atoms with Crippen LogP contribution in [0, 0.1) is 0 Å². The summed E-state index contributed by atoms with van der Waals surface area (Å²) in [7, 11) is 0. The number of anilines is 2. The van der Waals surface area contributed by atoms with Crippen LogP contribution in [0.1, 0.15) is 6.42 Å². The molecule has 0 saturated carbocycles. The van der Waals surface area contributed by atoms with Crippen LogP contribution in [0.2, 0.25) is 0 Å². The predicted molar refractivity (Wildman–Crippen MR) is 89.2 cm³/mol. The molecule has 3 aliphatic heterocycles. The topological polar surface area (TPSA) is 82.9 Å². The first-order valence-electron chi connectivity index (χ1n) is 7.47. The van der Waals surface area contributed by atoms with E-state index >= 15 is 0 Å². The monoisotopic (exact) mass is 312 g/mol. The average Bonchev–Trinajstić information content (AvgIpc) is 3.14. The van der Waals surface area contributed by atoms with Gasteiger partial charge in [0.1, 0.15) is 5.82 Å². The van der Waals surface area contributed by atoms with Crippen LogP contribution in [-0.4, -0.2) is 40.4 Å². The molecule has 0 amide bonds. The molecule has 3 aromatic rings. The van der Waals surface area contributed by atoms with Crippen LogP contribution in [0.25, 0.3) is 20.8 Å². The third kappa shape index (κ3) is 1.82. The van der Waals surface area contributed by atoms with Gasteiger partial charge in [0, 0.05) is 37.4 Å². The lowest BCUT2D eigenvalue weighted by Gasteiger charge is -2.49. The molecule has 2 atom stereocenters. The van der Waals surface area contributed by atoms with E-state index in [0.29, 0.717) is 17.9 Å². The molecule has 0 aromatic carbocycles. The Morgan fingerprint density at radius 2 is 2.09 bits per heavy atom. The Morgan fingerprint density at radius 3 is 2.82 bits per heavy atom. The molecule has 0 spiro atoms. The van der Waals surface area contributed by atoms with Gasteiger partial charge in [-0.2, -0.15) is 5.10 Å². The number of aromatic nitrogens is 3. The van der Waals surface area contributed by atoms with Crippen LogP contribution in [0.5, 0.6) is 0 Å². The Morgan fingerprint density at radius 1 is 1.27 bits per heavy atom. The van der Waals surface area contributed by atoms with Gasteiger partial charge in [0.25, 0.3) is 0 Å². The maximum atomic E-state index is 6.04. The molecule has 3 aromatic heterocycles. The number of piperazine rings is 1. The number of rotatable bonds is 2. The van der Waals surface area contributed by atoms with Gasteiger partial charge < -0.3 is 16.0 Å². The van der Waals surface area contributed by atoms with Gasteiger partial charge in [0.2, 0.25) is 0 Å². The molecule has 2 bridgehead atoms. The summed E-state index contributed by atoms with van der Waals surface area (Å²) in [5, 5.41) is 10.6. The first kappa shape index (κ1) is 12.4. The van der Waals surface area contributed by atoms with Crippen molar-refractivity contribution < 1.29 is 0 Å². The minimum atomic E-state index is 0.587. The van der Waals surface area contributed by atoms with Gasteiger partial charge in [0.05, 0.1) is 26.5 Å². The minimum absolute atomic E-state index is 0.587. The number of nitrogens with one attached hydrogen (secondary N) is 2. The normalized spacial score (nSPS) is 23.7. The van der Waals surface area contributed by atoms with Gasteiger partial charge in [-0.1, -0.05) is 0 Å². The van der Waals surface area contributed by atoms with Gasteiger partial charge in [-0.3, -0.25) is 5.10 Å². The van der Waals surface area contributed by atoms with Crippen LogP contribution in [0.15, 0.2) is 24.4 Å². The fourth-order valence-corrected chi connectivity index (χ4v) is 4.61. The summed E-state index contributed by atoms with van der Waals surface area (Å²) in [5.74, 6) is 0.587. The molecule has 3 saturated heterocycles. The van der Waals surface area contributed by atoms with Crippen LogP contribution in [0.3, 0.4) is 0 Å². The Bertz CT molecular complexity index is 823. The fraction of sp³-hybridized carbons (Fsp3) is 0.333.